The van der Waals surface area contributed by atoms with E-state index < -0.39 is 0 Å². The van der Waals surface area contributed by atoms with Crippen LogP contribution in [0.4, 0.5) is 0 Å². The summed E-state index contributed by atoms with van der Waals surface area (Å²) in [6.45, 7) is 15.8. The molecule has 0 amide bonds. The zero-order valence-electron chi connectivity index (χ0n) is 45.7. The van der Waals surface area contributed by atoms with Crippen molar-refractivity contribution in [1.29, 1.82) is 0 Å². The Morgan fingerprint density at radius 2 is 1.10 bits per heavy atom. The number of rotatable bonds is 10. The van der Waals surface area contributed by atoms with Crippen molar-refractivity contribution >= 4 is 43.7 Å². The minimum atomic E-state index is -0.115. The Kier molecular flexibility index (Phi) is 12.2. The van der Waals surface area contributed by atoms with Crippen LogP contribution in [-0.4, -0.2) is 19.6 Å². The number of aromatic hydroxyl groups is 1. The van der Waals surface area contributed by atoms with E-state index in [0.717, 1.165) is 99.6 Å². The highest BCUT2D eigenvalue weighted by atomic mass is 16.3. The van der Waals surface area contributed by atoms with E-state index in [0.29, 0.717) is 11.4 Å². The third-order valence-corrected chi connectivity index (χ3v) is 15.9. The first-order chi connectivity index (χ1) is 38.4. The SMILES string of the molecule is CC(C)c1cc(-c2ccccc2)cc(C(C)C)c1-c1ccc(-c2nc3c(-c4cccc(-c5cc6oc7c8ccccc8ccc7c6cn5)c4)cc(-c4ccccc4)cc3n2-c2ccc(C(C)(C)C)cc2-c2ccccc2)c(O)c1. The lowest BCUT2D eigenvalue weighted by Crippen LogP contribution is -2.12. The summed E-state index contributed by atoms with van der Waals surface area (Å²) >= 11 is 0. The summed E-state index contributed by atoms with van der Waals surface area (Å²) in [5.74, 6) is 1.26. The van der Waals surface area contributed by atoms with Gasteiger partial charge in [0.25, 0.3) is 0 Å². The molecule has 5 heteroatoms. The predicted molar refractivity (Wildman–Crippen MR) is 330 cm³/mol. The standard InChI is InChI=1S/C74H61N3O2/c1-45(2)60-37-54(47-20-11-8-12-21-47)38-61(46(3)4)70(60)53-31-34-59(68(78)41-53)73-76-71-63(51-27-19-28-52(36-51)65-43-69-64(44-75-65)58-33-30-50-26-17-18-29-57(50)72(58)79-69)39-55(48-22-13-9-14-23-48)40-67(71)77(73)66-35-32-56(74(5,6)7)42-62(66)49-24-15-10-16-25-49/h8-46,78H,1-7H3. The highest BCUT2D eigenvalue weighted by Gasteiger charge is 2.27. The molecule has 0 spiro atoms. The summed E-state index contributed by atoms with van der Waals surface area (Å²) in [4.78, 5) is 10.8. The van der Waals surface area contributed by atoms with Crippen LogP contribution in [0.5, 0.6) is 5.75 Å². The number of phenolic OH excluding ortho intramolecular Hbond substituents is 1. The number of fused-ring (bicyclic) bond motifs is 6. The molecule has 79 heavy (non-hydrogen) atoms. The Hall–Kier alpha value is -9.32. The van der Waals surface area contributed by atoms with Crippen LogP contribution < -0.4 is 0 Å². The zero-order chi connectivity index (χ0) is 54.1. The minimum Gasteiger partial charge on any atom is -0.507 e. The molecule has 13 aromatic rings. The van der Waals surface area contributed by atoms with Gasteiger partial charge in [-0.05, 0) is 132 Å². The van der Waals surface area contributed by atoms with Crippen molar-refractivity contribution in [3.05, 3.63) is 241 Å². The van der Waals surface area contributed by atoms with Gasteiger partial charge in [0, 0.05) is 45.1 Å². The molecule has 0 aliphatic carbocycles. The highest BCUT2D eigenvalue weighted by Crippen LogP contribution is 2.47. The van der Waals surface area contributed by atoms with Gasteiger partial charge < -0.3 is 9.52 Å². The molecular formula is C74H61N3O2. The van der Waals surface area contributed by atoms with E-state index in [4.69, 9.17) is 14.4 Å². The lowest BCUT2D eigenvalue weighted by atomic mass is 9.82. The van der Waals surface area contributed by atoms with Gasteiger partial charge in [0.05, 0.1) is 28.0 Å². The second kappa shape index (κ2) is 19.6. The molecule has 3 aromatic heterocycles. The molecule has 10 aromatic carbocycles. The molecule has 1 N–H and O–H groups in total. The lowest BCUT2D eigenvalue weighted by molar-refractivity contribution is 0.477. The maximum Gasteiger partial charge on any atom is 0.149 e. The molecule has 0 fully saturated rings. The van der Waals surface area contributed by atoms with Crippen LogP contribution >= 0.6 is 0 Å². The molecule has 0 aliphatic heterocycles. The number of hydrogen-bond acceptors (Lipinski definition) is 4. The summed E-state index contributed by atoms with van der Waals surface area (Å²) in [5.41, 5.74) is 21.1. The number of benzene rings is 10. The molecule has 0 aliphatic rings. The van der Waals surface area contributed by atoms with E-state index in [1.807, 2.05) is 12.3 Å². The quantitative estimate of drug-likeness (QED) is 0.148. The maximum atomic E-state index is 12.8. The third kappa shape index (κ3) is 8.86. The fraction of sp³-hybridized carbons (Fsp3) is 0.135. The lowest BCUT2D eigenvalue weighted by Gasteiger charge is -2.23. The maximum absolute atomic E-state index is 12.8. The first-order valence-electron chi connectivity index (χ1n) is 27.6. The second-order valence-electron chi connectivity index (χ2n) is 22.7. The van der Waals surface area contributed by atoms with Crippen molar-refractivity contribution in [1.82, 2.24) is 14.5 Å². The van der Waals surface area contributed by atoms with Gasteiger partial charge in [-0.3, -0.25) is 9.55 Å². The molecule has 0 radical (unpaired) electrons. The topological polar surface area (TPSA) is 64.1 Å². The van der Waals surface area contributed by atoms with Crippen LogP contribution in [0.2, 0.25) is 0 Å². The van der Waals surface area contributed by atoms with Gasteiger partial charge in [0.1, 0.15) is 22.7 Å². The van der Waals surface area contributed by atoms with E-state index in [1.54, 1.807) is 0 Å². The molecule has 3 heterocycles. The fourth-order valence-electron chi connectivity index (χ4n) is 11.7. The number of pyridine rings is 1. The summed E-state index contributed by atoms with van der Waals surface area (Å²) in [6, 6.07) is 77.4. The van der Waals surface area contributed by atoms with Gasteiger partial charge in [-0.15, -0.1) is 0 Å². The van der Waals surface area contributed by atoms with Crippen molar-refractivity contribution in [3.8, 4) is 89.7 Å². The average molecular weight is 1020 g/mol. The summed E-state index contributed by atoms with van der Waals surface area (Å²) in [7, 11) is 0. The first kappa shape index (κ1) is 49.3. The van der Waals surface area contributed by atoms with E-state index in [1.165, 1.54) is 33.4 Å². The first-order valence-corrected chi connectivity index (χ1v) is 27.6. The van der Waals surface area contributed by atoms with Crippen LogP contribution in [0.1, 0.15) is 77.0 Å². The van der Waals surface area contributed by atoms with Gasteiger partial charge >= 0.3 is 0 Å². The monoisotopic (exact) mass is 1020 g/mol. The van der Waals surface area contributed by atoms with Crippen LogP contribution in [0.3, 0.4) is 0 Å². The Morgan fingerprint density at radius 3 is 1.77 bits per heavy atom. The molecule has 0 atom stereocenters. The summed E-state index contributed by atoms with van der Waals surface area (Å²) < 4.78 is 8.94. The number of nitrogens with zero attached hydrogens (tertiary/aromatic N) is 3. The largest absolute Gasteiger partial charge is 0.507 e. The highest BCUT2D eigenvalue weighted by molar-refractivity contribution is 6.15. The van der Waals surface area contributed by atoms with Crippen LogP contribution in [0.15, 0.2) is 229 Å². The van der Waals surface area contributed by atoms with E-state index in [2.05, 4.69) is 265 Å². The molecule has 0 saturated carbocycles. The number of hydrogen-bond donors (Lipinski definition) is 1. The van der Waals surface area contributed by atoms with E-state index in [-0.39, 0.29) is 23.0 Å². The van der Waals surface area contributed by atoms with Gasteiger partial charge in [0.2, 0.25) is 0 Å². The number of aromatic nitrogens is 3. The van der Waals surface area contributed by atoms with E-state index in [9.17, 15) is 5.11 Å². The summed E-state index contributed by atoms with van der Waals surface area (Å²) in [5, 5.41) is 17.1. The normalized spacial score (nSPS) is 12.0. The van der Waals surface area contributed by atoms with Gasteiger partial charge in [-0.2, -0.15) is 0 Å². The Morgan fingerprint density at radius 1 is 0.468 bits per heavy atom. The molecule has 13 rings (SSSR count). The smallest absolute Gasteiger partial charge is 0.149 e. The molecule has 0 saturated heterocycles. The van der Waals surface area contributed by atoms with Crippen molar-refractivity contribution in [2.24, 2.45) is 0 Å². The Bertz CT molecular complexity index is 4430. The zero-order valence-corrected chi connectivity index (χ0v) is 45.7. The Balaban J connectivity index is 1.05. The van der Waals surface area contributed by atoms with Crippen molar-refractivity contribution in [2.75, 3.05) is 0 Å². The molecule has 5 nitrogen and oxygen atoms in total. The van der Waals surface area contributed by atoms with Gasteiger partial charge in [-0.25, -0.2) is 4.98 Å². The second-order valence-corrected chi connectivity index (χ2v) is 22.7. The number of phenols is 1. The third-order valence-electron chi connectivity index (χ3n) is 15.9. The predicted octanol–water partition coefficient (Wildman–Crippen LogP) is 20.4. The Labute approximate surface area is 462 Å². The molecule has 384 valence electrons. The van der Waals surface area contributed by atoms with Crippen LogP contribution in [0, 0.1) is 0 Å². The molecule has 0 unspecified atom stereocenters. The molecular weight excluding hydrogens is 963 g/mol. The number of furan rings is 1. The minimum absolute atomic E-state index is 0.115. The van der Waals surface area contributed by atoms with Crippen molar-refractivity contribution in [2.45, 2.75) is 65.7 Å². The van der Waals surface area contributed by atoms with Crippen LogP contribution in [0.25, 0.3) is 128 Å². The van der Waals surface area contributed by atoms with Crippen molar-refractivity contribution in [3.63, 3.8) is 0 Å². The van der Waals surface area contributed by atoms with E-state index >= 15 is 0 Å². The average Bonchev–Trinajstić information content (AvgIpc) is 4.25. The van der Waals surface area contributed by atoms with Crippen LogP contribution in [-0.2, 0) is 5.41 Å². The summed E-state index contributed by atoms with van der Waals surface area (Å²) in [6.07, 6.45) is 1.94. The van der Waals surface area contributed by atoms with Crippen molar-refractivity contribution < 1.29 is 9.52 Å². The van der Waals surface area contributed by atoms with Gasteiger partial charge in [0.15, 0.2) is 0 Å². The molecule has 0 bridgehead atoms. The number of imidazole rings is 1. The van der Waals surface area contributed by atoms with Gasteiger partial charge in [-0.1, -0.05) is 212 Å². The fourth-order valence-corrected chi connectivity index (χ4v) is 11.7.